The number of fused-ring (bicyclic) bond motifs is 1. The number of rotatable bonds is 7. The Kier molecular flexibility index (Phi) is 6.90. The zero-order valence-electron chi connectivity index (χ0n) is 18.0. The molecule has 0 aliphatic carbocycles. The van der Waals surface area contributed by atoms with Crippen LogP contribution in [-0.2, 0) is 4.79 Å². The number of aromatic nitrogens is 3. The molecule has 0 atom stereocenters. The molecule has 2 heterocycles. The first-order valence-electron chi connectivity index (χ1n) is 9.72. The molecule has 3 aromatic rings. The summed E-state index contributed by atoms with van der Waals surface area (Å²) in [6.07, 6.45) is 3.94. The normalized spacial score (nSPS) is 11.3. The molecule has 0 amide bonds. The molecule has 1 aromatic carbocycles. The predicted molar refractivity (Wildman–Crippen MR) is 121 cm³/mol. The van der Waals surface area contributed by atoms with Crippen LogP contribution in [0.1, 0.15) is 23.9 Å². The number of aldehydes is 1. The second-order valence-corrected chi connectivity index (χ2v) is 6.87. The van der Waals surface area contributed by atoms with Crippen molar-refractivity contribution in [3.8, 4) is 23.3 Å². The molecule has 0 fully saturated rings. The van der Waals surface area contributed by atoms with E-state index < -0.39 is 0 Å². The number of nitrogens with two attached hydrogens (primary N) is 1. The van der Waals surface area contributed by atoms with E-state index in [1.165, 1.54) is 6.08 Å². The van der Waals surface area contributed by atoms with E-state index in [0.717, 1.165) is 18.4 Å². The van der Waals surface area contributed by atoms with Gasteiger partial charge in [-0.1, -0.05) is 18.8 Å². The molecule has 0 unspecified atom stereocenters. The zero-order valence-corrected chi connectivity index (χ0v) is 18.0. The van der Waals surface area contributed by atoms with Crippen molar-refractivity contribution >= 4 is 28.7 Å². The number of ether oxygens (including phenoxy) is 2. The number of benzene rings is 1. The SMILES string of the molecule is CCN(C)CC(=CC=O)c1nc(N)c2c(C#Cc3cc(OC)cc(OC)c3)c[nH]c2n1. The van der Waals surface area contributed by atoms with Crippen molar-refractivity contribution in [3.63, 3.8) is 0 Å². The molecule has 0 spiro atoms. The minimum Gasteiger partial charge on any atom is -0.497 e. The zero-order chi connectivity index (χ0) is 22.4. The highest BCUT2D eigenvalue weighted by Gasteiger charge is 2.14. The molecule has 0 aliphatic rings. The van der Waals surface area contributed by atoms with Crippen LogP contribution in [0.3, 0.4) is 0 Å². The number of hydrogen-bond acceptors (Lipinski definition) is 7. The average Bonchev–Trinajstić information content (AvgIpc) is 3.20. The van der Waals surface area contributed by atoms with Crippen LogP contribution in [0.25, 0.3) is 16.6 Å². The van der Waals surface area contributed by atoms with Crippen LogP contribution < -0.4 is 15.2 Å². The van der Waals surface area contributed by atoms with Crippen LogP contribution in [0.4, 0.5) is 5.82 Å². The summed E-state index contributed by atoms with van der Waals surface area (Å²) in [5.41, 5.74) is 8.92. The Bertz CT molecular complexity index is 1160. The highest BCUT2D eigenvalue weighted by atomic mass is 16.5. The van der Waals surface area contributed by atoms with Gasteiger partial charge in [-0.3, -0.25) is 4.79 Å². The predicted octanol–water partition coefficient (Wildman–Crippen LogP) is 2.49. The number of aromatic amines is 1. The van der Waals surface area contributed by atoms with Crippen molar-refractivity contribution in [1.82, 2.24) is 19.9 Å². The first-order chi connectivity index (χ1) is 15.0. The molecule has 0 bridgehead atoms. The molecule has 8 heteroatoms. The van der Waals surface area contributed by atoms with Crippen LogP contribution in [0, 0.1) is 11.8 Å². The molecule has 0 aliphatic heterocycles. The summed E-state index contributed by atoms with van der Waals surface area (Å²) in [7, 11) is 5.14. The quantitative estimate of drug-likeness (QED) is 0.344. The minimum absolute atomic E-state index is 0.296. The molecule has 0 radical (unpaired) electrons. The highest BCUT2D eigenvalue weighted by Crippen LogP contribution is 2.25. The summed E-state index contributed by atoms with van der Waals surface area (Å²) in [6.45, 7) is 3.39. The fourth-order valence-corrected chi connectivity index (χ4v) is 3.00. The number of methoxy groups -OCH3 is 2. The lowest BCUT2D eigenvalue weighted by Gasteiger charge is -2.15. The Morgan fingerprint density at radius 2 is 1.90 bits per heavy atom. The smallest absolute Gasteiger partial charge is 0.161 e. The first-order valence-corrected chi connectivity index (χ1v) is 9.72. The maximum atomic E-state index is 11.1. The Labute approximate surface area is 181 Å². The van der Waals surface area contributed by atoms with Gasteiger partial charge in [-0.2, -0.15) is 0 Å². The van der Waals surface area contributed by atoms with Crippen LogP contribution >= 0.6 is 0 Å². The van der Waals surface area contributed by atoms with Crippen molar-refractivity contribution in [3.05, 3.63) is 47.4 Å². The van der Waals surface area contributed by atoms with E-state index in [4.69, 9.17) is 15.2 Å². The molecule has 3 N–H and O–H groups in total. The van der Waals surface area contributed by atoms with Gasteiger partial charge in [0.15, 0.2) is 5.82 Å². The van der Waals surface area contributed by atoms with Gasteiger partial charge in [0.25, 0.3) is 0 Å². The number of anilines is 1. The average molecular weight is 419 g/mol. The summed E-state index contributed by atoms with van der Waals surface area (Å²) in [5.74, 6) is 8.23. The van der Waals surface area contributed by atoms with Crippen LogP contribution in [0.2, 0.25) is 0 Å². The first kappa shape index (κ1) is 21.9. The number of nitrogens with zero attached hydrogens (tertiary/aromatic N) is 3. The maximum absolute atomic E-state index is 11.1. The molecule has 3 rings (SSSR count). The lowest BCUT2D eigenvalue weighted by Crippen LogP contribution is -2.21. The van der Waals surface area contributed by atoms with E-state index in [0.29, 0.717) is 51.9 Å². The van der Waals surface area contributed by atoms with Crippen LogP contribution in [0.5, 0.6) is 11.5 Å². The van der Waals surface area contributed by atoms with E-state index in [9.17, 15) is 4.79 Å². The molecule has 0 saturated carbocycles. The van der Waals surface area contributed by atoms with E-state index in [1.54, 1.807) is 26.5 Å². The number of carbonyl (C=O) groups is 1. The number of nitrogen functional groups attached to an aromatic ring is 1. The number of carbonyl (C=O) groups excluding carboxylic acids is 1. The lowest BCUT2D eigenvalue weighted by atomic mass is 10.1. The number of likely N-dealkylation sites (N-methyl/N-ethyl adjacent to an activating group) is 1. The second kappa shape index (κ2) is 9.78. The van der Waals surface area contributed by atoms with Gasteiger partial charge >= 0.3 is 0 Å². The number of allylic oxidation sites excluding steroid dienone is 1. The van der Waals surface area contributed by atoms with Gasteiger partial charge in [0.05, 0.1) is 25.2 Å². The van der Waals surface area contributed by atoms with E-state index in [1.807, 2.05) is 31.0 Å². The molecular formula is C23H25N5O3. The summed E-state index contributed by atoms with van der Waals surface area (Å²) in [5, 5.41) is 0.639. The highest BCUT2D eigenvalue weighted by molar-refractivity contribution is 5.93. The summed E-state index contributed by atoms with van der Waals surface area (Å²) >= 11 is 0. The molecular weight excluding hydrogens is 394 g/mol. The Morgan fingerprint density at radius 1 is 1.19 bits per heavy atom. The van der Waals surface area contributed by atoms with Crippen LogP contribution in [0.15, 0.2) is 30.5 Å². The number of hydrogen-bond donors (Lipinski definition) is 2. The number of nitrogens with one attached hydrogen (secondary N) is 1. The standard InChI is InChI=1S/C23H25N5O3/c1-5-28(2)14-17(8-9-29)22-26-21(24)20-16(13-25-23(20)27-22)7-6-15-10-18(30-3)12-19(11-15)31-4/h8-13H,5,14H2,1-4H3,(H3,24,25,26,27). The third-order valence-corrected chi connectivity index (χ3v) is 4.79. The van der Waals surface area contributed by atoms with E-state index in [2.05, 4.69) is 26.8 Å². The van der Waals surface area contributed by atoms with Crippen molar-refractivity contribution in [1.29, 1.82) is 0 Å². The third kappa shape index (κ3) is 5.02. The molecule has 8 nitrogen and oxygen atoms in total. The van der Waals surface area contributed by atoms with Gasteiger partial charge in [0.1, 0.15) is 29.3 Å². The van der Waals surface area contributed by atoms with E-state index in [-0.39, 0.29) is 0 Å². The summed E-state index contributed by atoms with van der Waals surface area (Å²) in [6, 6.07) is 5.43. The minimum atomic E-state index is 0.296. The Balaban J connectivity index is 2.00. The van der Waals surface area contributed by atoms with E-state index >= 15 is 0 Å². The molecule has 160 valence electrons. The van der Waals surface area contributed by atoms with Gasteiger partial charge in [0.2, 0.25) is 0 Å². The van der Waals surface area contributed by atoms with Crippen molar-refractivity contribution < 1.29 is 14.3 Å². The molecule has 0 saturated heterocycles. The van der Waals surface area contributed by atoms with Crippen molar-refractivity contribution in [2.24, 2.45) is 0 Å². The third-order valence-electron chi connectivity index (χ3n) is 4.79. The second-order valence-electron chi connectivity index (χ2n) is 6.87. The largest absolute Gasteiger partial charge is 0.497 e. The Morgan fingerprint density at radius 3 is 2.52 bits per heavy atom. The fourth-order valence-electron chi connectivity index (χ4n) is 3.00. The summed E-state index contributed by atoms with van der Waals surface area (Å²) < 4.78 is 10.6. The number of H-pyrrole nitrogens is 1. The van der Waals surface area contributed by atoms with Crippen molar-refractivity contribution in [2.45, 2.75) is 6.92 Å². The van der Waals surface area contributed by atoms with Crippen LogP contribution in [-0.4, -0.2) is 60.5 Å². The lowest BCUT2D eigenvalue weighted by molar-refractivity contribution is -0.104. The Hall–Kier alpha value is -3.83. The van der Waals surface area contributed by atoms with Gasteiger partial charge in [-0.15, -0.1) is 0 Å². The van der Waals surface area contributed by atoms with Gasteiger partial charge in [-0.05, 0) is 31.8 Å². The van der Waals surface area contributed by atoms with Gasteiger partial charge in [0, 0.05) is 29.9 Å². The monoisotopic (exact) mass is 419 g/mol. The topological polar surface area (TPSA) is 106 Å². The fraction of sp³-hybridized carbons (Fsp3) is 0.261. The molecule has 31 heavy (non-hydrogen) atoms. The van der Waals surface area contributed by atoms with Gasteiger partial charge < -0.3 is 25.1 Å². The maximum Gasteiger partial charge on any atom is 0.161 e. The van der Waals surface area contributed by atoms with Gasteiger partial charge in [-0.25, -0.2) is 9.97 Å². The molecule has 2 aromatic heterocycles. The van der Waals surface area contributed by atoms with Crippen molar-refractivity contribution in [2.75, 3.05) is 40.1 Å². The summed E-state index contributed by atoms with van der Waals surface area (Å²) in [4.78, 5) is 25.2.